The molecule has 2 rings (SSSR count). The Labute approximate surface area is 130 Å². The number of hydrogen-bond acceptors (Lipinski definition) is 5. The van der Waals surface area contributed by atoms with E-state index in [1.54, 1.807) is 29.5 Å². The van der Waals surface area contributed by atoms with Crippen molar-refractivity contribution >= 4 is 12.3 Å². The summed E-state index contributed by atoms with van der Waals surface area (Å²) in [5.41, 5.74) is 0. The second kappa shape index (κ2) is 8.84. The van der Waals surface area contributed by atoms with Gasteiger partial charge in [-0.15, -0.1) is 0 Å². The van der Waals surface area contributed by atoms with Crippen LogP contribution in [0.25, 0.3) is 0 Å². The third-order valence-electron chi connectivity index (χ3n) is 3.08. The second-order valence-corrected chi connectivity index (χ2v) is 4.95. The first-order valence-corrected chi connectivity index (χ1v) is 7.29. The van der Waals surface area contributed by atoms with E-state index in [0.717, 1.165) is 6.54 Å². The molecular formula is C16H21N3O3. The van der Waals surface area contributed by atoms with Gasteiger partial charge >= 0.3 is 6.09 Å². The predicted octanol–water partition coefficient (Wildman–Crippen LogP) is 1.99. The first kappa shape index (κ1) is 16.0. The molecule has 1 N–H and O–H groups in total. The number of carbonyl (C=O) groups excluding carboxylic acids is 1. The van der Waals surface area contributed by atoms with Crippen LogP contribution in [0.5, 0.6) is 0 Å². The Morgan fingerprint density at radius 1 is 1.45 bits per heavy atom. The highest BCUT2D eigenvalue weighted by molar-refractivity contribution is 5.73. The van der Waals surface area contributed by atoms with E-state index in [9.17, 15) is 4.79 Å². The zero-order valence-corrected chi connectivity index (χ0v) is 12.6. The Kier molecular flexibility index (Phi) is 6.44. The van der Waals surface area contributed by atoms with Gasteiger partial charge in [0.1, 0.15) is 12.9 Å². The zero-order valence-electron chi connectivity index (χ0n) is 12.6. The van der Waals surface area contributed by atoms with Crippen molar-refractivity contribution in [2.75, 3.05) is 26.2 Å². The number of piperazine rings is 1. The number of rotatable bonds is 1. The first-order chi connectivity index (χ1) is 10.8. The van der Waals surface area contributed by atoms with Crippen LogP contribution >= 0.6 is 0 Å². The van der Waals surface area contributed by atoms with Crippen molar-refractivity contribution in [3.05, 3.63) is 48.6 Å². The van der Waals surface area contributed by atoms with E-state index in [2.05, 4.69) is 10.3 Å². The van der Waals surface area contributed by atoms with Crippen molar-refractivity contribution in [2.24, 2.45) is 4.99 Å². The van der Waals surface area contributed by atoms with Gasteiger partial charge in [-0.1, -0.05) is 6.08 Å². The third kappa shape index (κ3) is 5.57. The minimum atomic E-state index is -0.368. The summed E-state index contributed by atoms with van der Waals surface area (Å²) < 4.78 is 10.7. The maximum Gasteiger partial charge on any atom is 0.415 e. The third-order valence-corrected chi connectivity index (χ3v) is 3.08. The summed E-state index contributed by atoms with van der Waals surface area (Å²) in [6.45, 7) is 4.47. The predicted molar refractivity (Wildman–Crippen MR) is 85.5 cm³/mol. The standard InChI is InChI=1S/C16H21N3O3/c1-14-12-19(10-9-18-14)16(20)22-15-6-5-8-17-7-3-2-4-11-21-13-15/h2-8,13-14,18H,9-12H2,1H3. The Bertz CT molecular complexity index is 521. The highest BCUT2D eigenvalue weighted by Gasteiger charge is 2.22. The fourth-order valence-corrected chi connectivity index (χ4v) is 2.02. The minimum Gasteiger partial charge on any atom is -0.493 e. The van der Waals surface area contributed by atoms with Gasteiger partial charge in [0.05, 0.1) is 0 Å². The van der Waals surface area contributed by atoms with Crippen molar-refractivity contribution < 1.29 is 14.3 Å². The molecule has 0 aliphatic carbocycles. The van der Waals surface area contributed by atoms with Gasteiger partial charge < -0.3 is 19.7 Å². The molecule has 6 heteroatoms. The lowest BCUT2D eigenvalue weighted by atomic mass is 10.2. The molecule has 2 heterocycles. The largest absolute Gasteiger partial charge is 0.493 e. The molecule has 2 aliphatic heterocycles. The van der Waals surface area contributed by atoms with Crippen molar-refractivity contribution in [1.29, 1.82) is 0 Å². The number of amides is 1. The van der Waals surface area contributed by atoms with Crippen molar-refractivity contribution in [3.8, 4) is 0 Å². The number of nitrogens with one attached hydrogen (secondary N) is 1. The molecular weight excluding hydrogens is 282 g/mol. The van der Waals surface area contributed by atoms with Crippen molar-refractivity contribution in [1.82, 2.24) is 10.2 Å². The van der Waals surface area contributed by atoms with Crippen LogP contribution in [-0.4, -0.2) is 49.5 Å². The van der Waals surface area contributed by atoms with E-state index in [4.69, 9.17) is 9.47 Å². The molecule has 0 aromatic carbocycles. The summed E-state index contributed by atoms with van der Waals surface area (Å²) in [4.78, 5) is 17.9. The lowest BCUT2D eigenvalue weighted by Crippen LogP contribution is -2.51. The van der Waals surface area contributed by atoms with Crippen molar-refractivity contribution in [3.63, 3.8) is 0 Å². The summed E-state index contributed by atoms with van der Waals surface area (Å²) in [6.07, 6.45) is 13.2. The highest BCUT2D eigenvalue weighted by atomic mass is 16.6. The quantitative estimate of drug-likeness (QED) is 0.804. The van der Waals surface area contributed by atoms with Crippen LogP contribution < -0.4 is 5.32 Å². The molecule has 0 saturated carbocycles. The summed E-state index contributed by atoms with van der Waals surface area (Å²) in [6, 6.07) is 0.266. The molecule has 1 fully saturated rings. The molecule has 0 radical (unpaired) electrons. The summed E-state index contributed by atoms with van der Waals surface area (Å²) in [5, 5.41) is 3.28. The van der Waals surface area contributed by atoms with E-state index in [1.165, 1.54) is 6.26 Å². The molecule has 2 aliphatic rings. The fraction of sp³-hybridized carbons (Fsp3) is 0.375. The molecule has 118 valence electrons. The summed E-state index contributed by atoms with van der Waals surface area (Å²) in [5.74, 6) is 0.348. The molecule has 0 bridgehead atoms. The maximum absolute atomic E-state index is 12.2. The number of aliphatic imine (C=N–C) groups is 1. The average Bonchev–Trinajstić information content (AvgIpc) is 2.50. The molecule has 6 nitrogen and oxygen atoms in total. The molecule has 0 aromatic heterocycles. The van der Waals surface area contributed by atoms with E-state index < -0.39 is 0 Å². The molecule has 0 spiro atoms. The number of nitrogens with zero attached hydrogens (tertiary/aromatic N) is 2. The van der Waals surface area contributed by atoms with Crippen molar-refractivity contribution in [2.45, 2.75) is 13.0 Å². The molecule has 1 atom stereocenters. The second-order valence-electron chi connectivity index (χ2n) is 4.95. The average molecular weight is 303 g/mol. The monoisotopic (exact) mass is 303 g/mol. The van der Waals surface area contributed by atoms with Crippen LogP contribution in [0, 0.1) is 0 Å². The van der Waals surface area contributed by atoms with Gasteiger partial charge in [-0.3, -0.25) is 4.99 Å². The van der Waals surface area contributed by atoms with Gasteiger partial charge in [-0.2, -0.15) is 0 Å². The van der Waals surface area contributed by atoms with Gasteiger partial charge in [-0.25, -0.2) is 4.79 Å². The van der Waals surface area contributed by atoms with Gasteiger partial charge in [-0.05, 0) is 31.2 Å². The van der Waals surface area contributed by atoms with Crippen LogP contribution in [0.2, 0.25) is 0 Å². The van der Waals surface area contributed by atoms with Gasteiger partial charge in [0.2, 0.25) is 0 Å². The Morgan fingerprint density at radius 2 is 2.36 bits per heavy atom. The molecule has 22 heavy (non-hydrogen) atoms. The summed E-state index contributed by atoms with van der Waals surface area (Å²) in [7, 11) is 0. The molecule has 1 unspecified atom stereocenters. The zero-order chi connectivity index (χ0) is 15.6. The molecule has 1 amide bonds. The van der Waals surface area contributed by atoms with Crippen LogP contribution in [-0.2, 0) is 9.47 Å². The minimum absolute atomic E-state index is 0.266. The smallest absolute Gasteiger partial charge is 0.415 e. The first-order valence-electron chi connectivity index (χ1n) is 7.29. The fourth-order valence-electron chi connectivity index (χ4n) is 2.02. The number of hydrogen-bond donors (Lipinski definition) is 1. The molecule has 1 saturated heterocycles. The van der Waals surface area contributed by atoms with Gasteiger partial charge in [0.15, 0.2) is 5.76 Å². The van der Waals surface area contributed by atoms with E-state index in [1.807, 2.05) is 25.2 Å². The van der Waals surface area contributed by atoms with Crippen LogP contribution in [0.3, 0.4) is 0 Å². The van der Waals surface area contributed by atoms with Crippen LogP contribution in [0.1, 0.15) is 6.92 Å². The topological polar surface area (TPSA) is 63.2 Å². The normalized spacial score (nSPS) is 22.3. The van der Waals surface area contributed by atoms with Crippen LogP contribution in [0.15, 0.2) is 53.6 Å². The SMILES string of the molecule is CC1CN(C(=O)OC2=COCC=CC=CN=CC=C2)CCN1. The van der Waals surface area contributed by atoms with E-state index >= 15 is 0 Å². The van der Waals surface area contributed by atoms with E-state index in [-0.39, 0.29) is 12.1 Å². The number of ether oxygens (including phenoxy) is 2. The molecule has 0 aromatic rings. The van der Waals surface area contributed by atoms with Crippen LogP contribution in [0.4, 0.5) is 4.79 Å². The number of allylic oxidation sites excluding steroid dienone is 4. The summed E-state index contributed by atoms with van der Waals surface area (Å²) >= 11 is 0. The van der Waals surface area contributed by atoms with E-state index in [0.29, 0.717) is 25.5 Å². The number of carbonyl (C=O) groups is 1. The highest BCUT2D eigenvalue weighted by Crippen LogP contribution is 2.08. The Morgan fingerprint density at radius 3 is 3.23 bits per heavy atom. The van der Waals surface area contributed by atoms with Gasteiger partial charge in [0.25, 0.3) is 0 Å². The lowest BCUT2D eigenvalue weighted by molar-refractivity contribution is 0.114. The lowest BCUT2D eigenvalue weighted by Gasteiger charge is -2.30. The maximum atomic E-state index is 12.2. The Hall–Kier alpha value is -2.34. The van der Waals surface area contributed by atoms with Gasteiger partial charge in [0, 0.05) is 38.1 Å². The Balaban J connectivity index is 1.98.